The maximum atomic E-state index is 9.27. The molecule has 2 aliphatic heterocycles. The van der Waals surface area contributed by atoms with Gasteiger partial charge in [0.2, 0.25) is 11.8 Å². The van der Waals surface area contributed by atoms with Gasteiger partial charge in [0.1, 0.15) is 52.1 Å². The molecule has 8 nitrogen and oxygen atoms in total. The van der Waals surface area contributed by atoms with Crippen molar-refractivity contribution >= 4 is 57.5 Å². The molecule has 4 aliphatic rings. The second-order valence-electron chi connectivity index (χ2n) is 13.5. The van der Waals surface area contributed by atoms with Crippen LogP contribution in [0.3, 0.4) is 0 Å². The maximum absolute atomic E-state index is 9.27. The molecule has 4 aromatic heterocycles. The Morgan fingerprint density at radius 1 is 0.673 bits per heavy atom. The number of rotatable bonds is 4. The molecule has 2 fully saturated rings. The van der Waals surface area contributed by atoms with Gasteiger partial charge in [0.15, 0.2) is 0 Å². The highest BCUT2D eigenvalue weighted by Gasteiger charge is 2.49. The first-order chi connectivity index (χ1) is 25.4. The molecule has 0 unspecified atom stereocenters. The van der Waals surface area contributed by atoms with Crippen molar-refractivity contribution in [1.82, 2.24) is 9.97 Å². The minimum atomic E-state index is -0.469. The molecule has 1 aromatic carbocycles. The van der Waals surface area contributed by atoms with E-state index in [-0.39, 0.29) is 11.4 Å². The van der Waals surface area contributed by atoms with E-state index in [9.17, 15) is 10.5 Å². The van der Waals surface area contributed by atoms with Crippen LogP contribution in [-0.4, -0.2) is 9.97 Å². The van der Waals surface area contributed by atoms with Gasteiger partial charge in [0.25, 0.3) is 0 Å². The third-order valence-corrected chi connectivity index (χ3v) is 15.0. The van der Waals surface area contributed by atoms with Gasteiger partial charge in [-0.2, -0.15) is 20.2 Å². The molecule has 9 rings (SSSR count). The number of nitriles is 2. The SMILES string of the molecule is [C-]#[N+]C(=Cc1ccc(-c2nc3c(s2)-c2cc4c(cc2C2(CCCCC2)O3)-c2sc(-c3ccc(C=C(C#N)C#N)s3)nc2OC42CCCCC2)s1)[N+]#[C-]. The first-order valence-electron chi connectivity index (χ1n) is 17.2. The number of thiophene rings is 2. The monoisotopic (exact) mass is 752 g/mol. The van der Waals surface area contributed by atoms with Gasteiger partial charge in [0, 0.05) is 38.1 Å². The highest BCUT2D eigenvalue weighted by molar-refractivity contribution is 7.24. The summed E-state index contributed by atoms with van der Waals surface area (Å²) in [6.45, 7) is 14.5. The fourth-order valence-electron chi connectivity index (χ4n) is 8.04. The summed E-state index contributed by atoms with van der Waals surface area (Å²) in [7, 11) is 0. The van der Waals surface area contributed by atoms with Crippen molar-refractivity contribution < 1.29 is 9.47 Å². The average Bonchev–Trinajstić information content (AvgIpc) is 4.00. The van der Waals surface area contributed by atoms with Crippen LogP contribution in [0.5, 0.6) is 11.8 Å². The van der Waals surface area contributed by atoms with Crippen LogP contribution >= 0.6 is 45.3 Å². The molecule has 52 heavy (non-hydrogen) atoms. The lowest BCUT2D eigenvalue weighted by Crippen LogP contribution is -2.40. The Balaban J connectivity index is 1.19. The second-order valence-corrected chi connectivity index (χ2v) is 17.7. The first kappa shape index (κ1) is 32.8. The van der Waals surface area contributed by atoms with Gasteiger partial charge in [-0.15, -0.1) is 45.3 Å². The van der Waals surface area contributed by atoms with E-state index < -0.39 is 11.2 Å². The standard InChI is InChI=1S/C40H28N6O2S4/c1-43-32(44-2)18-25-10-12-31(50-25)38-46-36-34(52-38)27-20-28-26(19-29(27)40(48-36)15-7-4-8-16-40)33-35(47-39(28)13-5-3-6-14-39)45-37(51-33)30-11-9-24(49-30)17-23(21-41)22-42/h9-12,17-20H,3-8,13-16H2. The van der Waals surface area contributed by atoms with Crippen LogP contribution in [0.25, 0.3) is 62.5 Å². The Morgan fingerprint density at radius 3 is 1.58 bits per heavy atom. The summed E-state index contributed by atoms with van der Waals surface area (Å²) < 4.78 is 14.1. The number of fused-ring (bicyclic) bond motifs is 8. The van der Waals surface area contributed by atoms with Crippen LogP contribution in [0.2, 0.25) is 0 Å². The first-order valence-corrected chi connectivity index (χ1v) is 20.5. The van der Waals surface area contributed by atoms with Gasteiger partial charge in [-0.05, 0) is 93.8 Å². The van der Waals surface area contributed by atoms with Crippen LogP contribution in [0, 0.1) is 35.8 Å². The molecule has 0 N–H and O–H groups in total. The zero-order chi connectivity index (χ0) is 35.5. The van der Waals surface area contributed by atoms with E-state index in [2.05, 4.69) is 21.8 Å². The van der Waals surface area contributed by atoms with Crippen LogP contribution in [0.4, 0.5) is 0 Å². The van der Waals surface area contributed by atoms with E-state index >= 15 is 0 Å². The molecule has 0 saturated heterocycles. The van der Waals surface area contributed by atoms with E-state index in [0.29, 0.717) is 11.8 Å². The molecular formula is C40H28N6O2S4. The number of ether oxygens (including phenoxy) is 2. The highest BCUT2D eigenvalue weighted by atomic mass is 32.1. The summed E-state index contributed by atoms with van der Waals surface area (Å²) in [6.07, 6.45) is 13.7. The average molecular weight is 753 g/mol. The van der Waals surface area contributed by atoms with E-state index in [4.69, 9.17) is 32.6 Å². The van der Waals surface area contributed by atoms with Crippen LogP contribution < -0.4 is 9.47 Å². The fraction of sp³-hybridized carbons (Fsp3) is 0.300. The minimum Gasteiger partial charge on any atom is -0.465 e. The summed E-state index contributed by atoms with van der Waals surface area (Å²) in [5, 5.41) is 20.3. The number of hydrogen-bond donors (Lipinski definition) is 0. The zero-order valence-corrected chi connectivity index (χ0v) is 31.1. The molecule has 0 radical (unpaired) electrons. The molecule has 5 aromatic rings. The topological polar surface area (TPSA) is 101 Å². The number of hydrogen-bond acceptors (Lipinski definition) is 10. The lowest BCUT2D eigenvalue weighted by molar-refractivity contribution is 0.0163. The summed E-state index contributed by atoms with van der Waals surface area (Å²) in [5.41, 5.74) is 3.96. The van der Waals surface area contributed by atoms with Gasteiger partial charge < -0.3 is 9.47 Å². The smallest absolute Gasteiger partial charge is 0.465 e. The Hall–Kier alpha value is -5.08. The molecule has 0 bridgehead atoms. The molecule has 2 aliphatic carbocycles. The highest BCUT2D eigenvalue weighted by Crippen LogP contribution is 2.60. The Kier molecular flexibility index (Phi) is 8.11. The molecule has 0 atom stereocenters. The zero-order valence-electron chi connectivity index (χ0n) is 27.8. The molecule has 6 heterocycles. The predicted octanol–water partition coefficient (Wildman–Crippen LogP) is 12.1. The maximum Gasteiger partial charge on any atom is 0.520 e. The molecule has 0 amide bonds. The molecule has 254 valence electrons. The van der Waals surface area contributed by atoms with Gasteiger partial charge in [0.05, 0.1) is 19.5 Å². The Morgan fingerprint density at radius 2 is 1.13 bits per heavy atom. The largest absolute Gasteiger partial charge is 0.520 e. The van der Waals surface area contributed by atoms with Crippen molar-refractivity contribution in [2.75, 3.05) is 0 Å². The molecule has 12 heteroatoms. The number of benzene rings is 1. The van der Waals surface area contributed by atoms with Gasteiger partial charge in [-0.25, -0.2) is 9.97 Å². The predicted molar refractivity (Wildman–Crippen MR) is 206 cm³/mol. The van der Waals surface area contributed by atoms with Crippen molar-refractivity contribution in [2.45, 2.75) is 75.4 Å². The van der Waals surface area contributed by atoms with Crippen LogP contribution in [0.1, 0.15) is 85.1 Å². The van der Waals surface area contributed by atoms with Crippen molar-refractivity contribution in [1.29, 1.82) is 10.5 Å². The molecule has 2 spiro atoms. The summed E-state index contributed by atoms with van der Waals surface area (Å²) in [6, 6.07) is 16.6. The van der Waals surface area contributed by atoms with E-state index in [1.165, 1.54) is 57.8 Å². The van der Waals surface area contributed by atoms with Crippen LogP contribution in [-0.2, 0) is 11.2 Å². The quantitative estimate of drug-likeness (QED) is 0.134. The lowest BCUT2D eigenvalue weighted by atomic mass is 9.71. The third kappa shape index (κ3) is 5.38. The van der Waals surface area contributed by atoms with E-state index in [0.717, 1.165) is 90.6 Å². The van der Waals surface area contributed by atoms with Crippen molar-refractivity contribution in [3.05, 3.63) is 91.5 Å². The number of allylic oxidation sites excluding steroid dienone is 1. The third-order valence-electron chi connectivity index (χ3n) is 10.4. The number of nitrogens with zero attached hydrogens (tertiary/aromatic N) is 6. The molecular weight excluding hydrogens is 725 g/mol. The second kappa shape index (κ2) is 12.8. The van der Waals surface area contributed by atoms with E-state index in [1.807, 2.05) is 36.4 Å². The molecule has 2 saturated carbocycles. The lowest BCUT2D eigenvalue weighted by Gasteiger charge is -2.45. The fourth-order valence-corrected chi connectivity index (χ4v) is 12.1. The summed E-state index contributed by atoms with van der Waals surface area (Å²) >= 11 is 6.33. The van der Waals surface area contributed by atoms with Gasteiger partial charge in [-0.3, -0.25) is 0 Å². The van der Waals surface area contributed by atoms with Crippen molar-refractivity contribution in [2.24, 2.45) is 0 Å². The Bertz CT molecular complexity index is 2300. The van der Waals surface area contributed by atoms with Gasteiger partial charge >= 0.3 is 5.82 Å². The minimum absolute atomic E-state index is 0.0465. The van der Waals surface area contributed by atoms with Crippen molar-refractivity contribution in [3.63, 3.8) is 0 Å². The van der Waals surface area contributed by atoms with Crippen LogP contribution in [0.15, 0.2) is 47.8 Å². The number of aromatic nitrogens is 2. The van der Waals surface area contributed by atoms with Gasteiger partial charge in [-0.1, -0.05) is 12.8 Å². The van der Waals surface area contributed by atoms with E-state index in [1.54, 1.807) is 34.8 Å². The van der Waals surface area contributed by atoms with Crippen molar-refractivity contribution in [3.8, 4) is 64.5 Å². The number of thiazole rings is 2. The summed E-state index contributed by atoms with van der Waals surface area (Å²) in [4.78, 5) is 22.6. The Labute approximate surface area is 317 Å². The normalized spacial score (nSPS) is 17.0. The summed E-state index contributed by atoms with van der Waals surface area (Å²) in [5.74, 6) is 1.42.